The number of sulfonamides is 1. The van der Waals surface area contributed by atoms with Crippen LogP contribution >= 0.6 is 27.5 Å². The van der Waals surface area contributed by atoms with Gasteiger partial charge in [-0.3, -0.25) is 13.9 Å². The van der Waals surface area contributed by atoms with Gasteiger partial charge in [0.05, 0.1) is 10.6 Å². The Kier molecular flexibility index (Phi) is 11.2. The molecule has 0 aliphatic heterocycles. The first-order chi connectivity index (χ1) is 20.9. The van der Waals surface area contributed by atoms with Gasteiger partial charge in [0.15, 0.2) is 0 Å². The van der Waals surface area contributed by atoms with E-state index in [2.05, 4.69) is 21.2 Å². The molecule has 1 atom stereocenters. The Morgan fingerprint density at radius 2 is 1.52 bits per heavy atom. The lowest BCUT2D eigenvalue weighted by Gasteiger charge is -2.34. The third-order valence-corrected chi connectivity index (χ3v) is 9.45. The number of halogens is 2. The lowest BCUT2D eigenvalue weighted by Crippen LogP contribution is -2.54. The zero-order valence-electron chi connectivity index (χ0n) is 24.8. The molecule has 0 aromatic heterocycles. The van der Waals surface area contributed by atoms with Crippen molar-refractivity contribution in [2.24, 2.45) is 0 Å². The highest BCUT2D eigenvalue weighted by atomic mass is 79.9. The molecular weight excluding hydrogens is 662 g/mol. The van der Waals surface area contributed by atoms with Gasteiger partial charge in [-0.05, 0) is 86.0 Å². The van der Waals surface area contributed by atoms with E-state index < -0.39 is 28.5 Å². The number of rotatable bonds is 12. The van der Waals surface area contributed by atoms with Crippen LogP contribution in [0.3, 0.4) is 0 Å². The molecule has 0 bridgehead atoms. The summed E-state index contributed by atoms with van der Waals surface area (Å²) in [5, 5.41) is 3.35. The lowest BCUT2D eigenvalue weighted by atomic mass is 10.0. The Labute approximate surface area is 273 Å². The monoisotopic (exact) mass is 695 g/mol. The zero-order valence-corrected chi connectivity index (χ0v) is 27.9. The summed E-state index contributed by atoms with van der Waals surface area (Å²) in [6.07, 6.45) is 0.244. The first kappa shape index (κ1) is 33.2. The Hall–Kier alpha value is -3.66. The first-order valence-corrected chi connectivity index (χ1v) is 16.8. The standard InChI is InChI=1S/C34H35BrClN3O4S/c1-24(2)37-34(41)32(21-26-10-5-4-6-11-26)38(22-27-12-8-13-28(35)20-27)33(40)23-39(30-14-7-9-25(3)19-30)44(42,43)31-17-15-29(36)16-18-31/h4-20,24,32H,21-23H2,1-3H3,(H,37,41). The van der Waals surface area contributed by atoms with Crippen molar-refractivity contribution < 1.29 is 18.0 Å². The second-order valence-corrected chi connectivity index (χ2v) is 14.0. The largest absolute Gasteiger partial charge is 0.352 e. The number of hydrogen-bond acceptors (Lipinski definition) is 4. The predicted molar refractivity (Wildman–Crippen MR) is 179 cm³/mol. The predicted octanol–water partition coefficient (Wildman–Crippen LogP) is 6.77. The topological polar surface area (TPSA) is 86.8 Å². The minimum absolute atomic E-state index is 0.00636. The smallest absolute Gasteiger partial charge is 0.264 e. The Morgan fingerprint density at radius 1 is 0.864 bits per heavy atom. The maximum atomic E-state index is 14.5. The molecule has 0 saturated heterocycles. The molecule has 0 fully saturated rings. The molecule has 1 unspecified atom stereocenters. The van der Waals surface area contributed by atoms with Crippen molar-refractivity contribution in [3.63, 3.8) is 0 Å². The molecule has 4 rings (SSSR count). The second-order valence-electron chi connectivity index (χ2n) is 10.8. The number of benzene rings is 4. The maximum Gasteiger partial charge on any atom is 0.264 e. The van der Waals surface area contributed by atoms with Crippen molar-refractivity contribution in [3.8, 4) is 0 Å². The summed E-state index contributed by atoms with van der Waals surface area (Å²) in [5.41, 5.74) is 2.82. The van der Waals surface area contributed by atoms with Crippen LogP contribution in [0.4, 0.5) is 5.69 Å². The van der Waals surface area contributed by atoms with E-state index in [9.17, 15) is 18.0 Å². The Balaban J connectivity index is 1.81. The van der Waals surface area contributed by atoms with Crippen LogP contribution in [0, 0.1) is 6.92 Å². The van der Waals surface area contributed by atoms with Crippen molar-refractivity contribution >= 4 is 55.1 Å². The van der Waals surface area contributed by atoms with Crippen LogP contribution in [0.5, 0.6) is 0 Å². The number of nitrogens with one attached hydrogen (secondary N) is 1. The highest BCUT2D eigenvalue weighted by molar-refractivity contribution is 9.10. The number of amides is 2. The van der Waals surface area contributed by atoms with Gasteiger partial charge < -0.3 is 10.2 Å². The van der Waals surface area contributed by atoms with Crippen molar-refractivity contribution in [1.82, 2.24) is 10.2 Å². The van der Waals surface area contributed by atoms with E-state index in [1.165, 1.54) is 29.2 Å². The number of nitrogens with zero attached hydrogens (tertiary/aromatic N) is 2. The highest BCUT2D eigenvalue weighted by Gasteiger charge is 2.35. The zero-order chi connectivity index (χ0) is 31.9. The fraction of sp³-hybridized carbons (Fsp3) is 0.235. The molecule has 1 N–H and O–H groups in total. The van der Waals surface area contributed by atoms with Crippen LogP contribution in [0.15, 0.2) is 112 Å². The van der Waals surface area contributed by atoms with E-state index in [0.717, 1.165) is 25.5 Å². The molecule has 4 aromatic carbocycles. The maximum absolute atomic E-state index is 14.5. The molecule has 0 radical (unpaired) electrons. The number of carbonyl (C=O) groups excluding carboxylic acids is 2. The van der Waals surface area contributed by atoms with E-state index in [1.807, 2.05) is 81.4 Å². The van der Waals surface area contributed by atoms with Gasteiger partial charge in [0, 0.05) is 28.5 Å². The van der Waals surface area contributed by atoms with E-state index >= 15 is 0 Å². The van der Waals surface area contributed by atoms with Crippen molar-refractivity contribution in [3.05, 3.63) is 129 Å². The summed E-state index contributed by atoms with van der Waals surface area (Å²) in [6.45, 7) is 5.13. The van der Waals surface area contributed by atoms with Gasteiger partial charge >= 0.3 is 0 Å². The molecule has 0 heterocycles. The number of anilines is 1. The summed E-state index contributed by atoms with van der Waals surface area (Å²) < 4.78 is 30.1. The molecule has 0 saturated carbocycles. The third-order valence-electron chi connectivity index (χ3n) is 6.91. The van der Waals surface area contributed by atoms with Crippen molar-refractivity contribution in [2.45, 2.75) is 50.7 Å². The van der Waals surface area contributed by atoms with E-state index in [-0.39, 0.29) is 29.8 Å². The van der Waals surface area contributed by atoms with Crippen molar-refractivity contribution in [1.29, 1.82) is 0 Å². The van der Waals surface area contributed by atoms with Gasteiger partial charge in [-0.2, -0.15) is 0 Å². The highest BCUT2D eigenvalue weighted by Crippen LogP contribution is 2.27. The molecule has 0 spiro atoms. The van der Waals surface area contributed by atoms with Crippen LogP contribution in [0.2, 0.25) is 5.02 Å². The first-order valence-electron chi connectivity index (χ1n) is 14.2. The second kappa shape index (κ2) is 14.9. The summed E-state index contributed by atoms with van der Waals surface area (Å²) in [4.78, 5) is 29.7. The average Bonchev–Trinajstić information content (AvgIpc) is 2.98. The van der Waals surface area contributed by atoms with Crippen LogP contribution < -0.4 is 9.62 Å². The average molecular weight is 697 g/mol. The van der Waals surface area contributed by atoms with Gasteiger partial charge in [0.2, 0.25) is 11.8 Å². The Bertz CT molecular complexity index is 1700. The van der Waals surface area contributed by atoms with Crippen LogP contribution in [0.25, 0.3) is 0 Å². The molecule has 0 aliphatic carbocycles. The fourth-order valence-corrected chi connectivity index (χ4v) is 6.79. The summed E-state index contributed by atoms with van der Waals surface area (Å²) in [6, 6.07) is 28.6. The number of aryl methyl sites for hydroxylation is 1. The summed E-state index contributed by atoms with van der Waals surface area (Å²) >= 11 is 9.55. The van der Waals surface area contributed by atoms with Crippen LogP contribution in [0.1, 0.15) is 30.5 Å². The lowest BCUT2D eigenvalue weighted by molar-refractivity contribution is -0.140. The fourth-order valence-electron chi connectivity index (χ4n) is 4.81. The van der Waals surface area contributed by atoms with Crippen LogP contribution in [-0.4, -0.2) is 43.8 Å². The van der Waals surface area contributed by atoms with Gasteiger partial charge in [-0.25, -0.2) is 8.42 Å². The molecule has 2 amide bonds. The Morgan fingerprint density at radius 3 is 2.16 bits per heavy atom. The number of hydrogen-bond donors (Lipinski definition) is 1. The van der Waals surface area contributed by atoms with Gasteiger partial charge in [-0.1, -0.05) is 82.1 Å². The molecule has 10 heteroatoms. The SMILES string of the molecule is Cc1cccc(N(CC(=O)N(Cc2cccc(Br)c2)C(Cc2ccccc2)C(=O)NC(C)C)S(=O)(=O)c2ccc(Cl)cc2)c1. The van der Waals surface area contributed by atoms with E-state index in [4.69, 9.17) is 11.6 Å². The van der Waals surface area contributed by atoms with Crippen molar-refractivity contribution in [2.75, 3.05) is 10.8 Å². The minimum Gasteiger partial charge on any atom is -0.352 e. The minimum atomic E-state index is -4.20. The van der Waals surface area contributed by atoms with Gasteiger partial charge in [0.1, 0.15) is 12.6 Å². The molecule has 7 nitrogen and oxygen atoms in total. The summed E-state index contributed by atoms with van der Waals surface area (Å²) in [5.74, 6) is -0.848. The molecular formula is C34H35BrClN3O4S. The molecule has 4 aromatic rings. The molecule has 230 valence electrons. The van der Waals surface area contributed by atoms with Gasteiger partial charge in [-0.15, -0.1) is 0 Å². The number of carbonyl (C=O) groups is 2. The van der Waals surface area contributed by atoms with E-state index in [1.54, 1.807) is 18.2 Å². The quantitative estimate of drug-likeness (QED) is 0.177. The summed E-state index contributed by atoms with van der Waals surface area (Å²) in [7, 11) is -4.20. The van der Waals surface area contributed by atoms with E-state index in [0.29, 0.717) is 10.7 Å². The molecule has 44 heavy (non-hydrogen) atoms. The third kappa shape index (κ3) is 8.71. The molecule has 0 aliphatic rings. The van der Waals surface area contributed by atoms with Crippen LogP contribution in [-0.2, 0) is 32.6 Å². The normalized spacial score (nSPS) is 12.0. The van der Waals surface area contributed by atoms with Gasteiger partial charge in [0.25, 0.3) is 10.0 Å².